The molecule has 0 aromatic heterocycles. The SMILES string of the molecule is NNC(=O)CCCC(=O)N(CCNC(=O)CCCC(=O)NCc1ccc(C(=O)NO)c(O)c1)CCNC(=O)CCCC(=O)NCc1ccc(C(=O)NO)c(O)c1. The van der Waals surface area contributed by atoms with E-state index in [0.717, 1.165) is 0 Å². The Hall–Kier alpha value is -6.32. The fourth-order valence-corrected chi connectivity index (χ4v) is 5.10. The summed E-state index contributed by atoms with van der Waals surface area (Å²) in [5.41, 5.74) is 5.55. The number of phenolic OH excluding ortho intramolecular Hbond substituents is 2. The van der Waals surface area contributed by atoms with E-state index in [0.29, 0.717) is 11.1 Å². The molecular weight excluding hydrogens is 738 g/mol. The number of hydroxylamine groups is 2. The first kappa shape index (κ1) is 45.8. The van der Waals surface area contributed by atoms with Gasteiger partial charge in [0.25, 0.3) is 11.8 Å². The molecule has 306 valence electrons. The lowest BCUT2D eigenvalue weighted by molar-refractivity contribution is -0.132. The Morgan fingerprint density at radius 3 is 1.29 bits per heavy atom. The molecule has 0 aliphatic heterocycles. The molecule has 0 fully saturated rings. The van der Waals surface area contributed by atoms with Crippen LogP contribution in [0.4, 0.5) is 0 Å². The van der Waals surface area contributed by atoms with Gasteiger partial charge in [-0.05, 0) is 54.7 Å². The lowest BCUT2D eigenvalue weighted by Gasteiger charge is -2.23. The van der Waals surface area contributed by atoms with E-state index in [1.54, 1.807) is 0 Å². The lowest BCUT2D eigenvalue weighted by atomic mass is 10.1. The third kappa shape index (κ3) is 17.2. The fourth-order valence-electron chi connectivity index (χ4n) is 5.10. The van der Waals surface area contributed by atoms with Gasteiger partial charge < -0.3 is 36.4 Å². The van der Waals surface area contributed by atoms with Crippen molar-refractivity contribution in [2.75, 3.05) is 26.2 Å². The summed E-state index contributed by atoms with van der Waals surface area (Å²) < 4.78 is 0. The standard InChI is InChI=1S/C35H49N9O12/c36-41-32(51)8-3-9-33(52)44(16-14-37-28(47)4-1-6-30(49)39-20-22-10-12-24(26(45)18-22)34(53)42-55)17-15-38-29(48)5-2-7-31(50)40-21-23-11-13-25(27(46)19-23)35(54)43-56/h10-13,18-19,45-46,55-56H,1-9,14-17,20-21,36H2,(H,37,47)(H,38,48)(H,39,49)(H,40,50)(H,41,51)(H,42,53)(H,43,54). The predicted octanol–water partition coefficient (Wildman–Crippen LogP) is -1.17. The first-order chi connectivity index (χ1) is 26.8. The van der Waals surface area contributed by atoms with Gasteiger partial charge in [0, 0.05) is 77.8 Å². The summed E-state index contributed by atoms with van der Waals surface area (Å²) in [6.45, 7) is 0.479. The molecule has 56 heavy (non-hydrogen) atoms. The Kier molecular flexibility index (Phi) is 20.4. The van der Waals surface area contributed by atoms with E-state index in [1.165, 1.54) is 52.3 Å². The number of nitrogens with zero attached hydrogens (tertiary/aromatic N) is 1. The molecule has 21 heteroatoms. The number of nitrogens with two attached hydrogens (primary N) is 1. The van der Waals surface area contributed by atoms with Crippen LogP contribution in [0.15, 0.2) is 36.4 Å². The number of hydrazine groups is 1. The van der Waals surface area contributed by atoms with Crippen LogP contribution < -0.4 is 43.5 Å². The molecule has 0 saturated carbocycles. The number of nitrogens with one attached hydrogen (secondary N) is 7. The van der Waals surface area contributed by atoms with Crippen LogP contribution in [-0.2, 0) is 41.9 Å². The van der Waals surface area contributed by atoms with Crippen molar-refractivity contribution in [2.24, 2.45) is 5.84 Å². The topological polar surface area (TPSA) is 331 Å². The molecule has 0 aliphatic carbocycles. The highest BCUT2D eigenvalue weighted by atomic mass is 16.5. The van der Waals surface area contributed by atoms with Crippen molar-refractivity contribution in [1.29, 1.82) is 0 Å². The minimum atomic E-state index is -0.886. The van der Waals surface area contributed by atoms with Crippen molar-refractivity contribution in [3.8, 4) is 11.5 Å². The molecule has 2 rings (SSSR count). The van der Waals surface area contributed by atoms with Gasteiger partial charge in [-0.25, -0.2) is 16.8 Å². The van der Waals surface area contributed by atoms with Gasteiger partial charge in [0.15, 0.2) is 0 Å². The average molecular weight is 788 g/mol. The van der Waals surface area contributed by atoms with Crippen molar-refractivity contribution in [3.63, 3.8) is 0 Å². The zero-order valence-corrected chi connectivity index (χ0v) is 30.7. The summed E-state index contributed by atoms with van der Waals surface area (Å²) >= 11 is 0. The summed E-state index contributed by atoms with van der Waals surface area (Å²) in [7, 11) is 0. The molecule has 2 aromatic carbocycles. The predicted molar refractivity (Wildman–Crippen MR) is 195 cm³/mol. The molecule has 13 N–H and O–H groups in total. The Balaban J connectivity index is 1.72. The van der Waals surface area contributed by atoms with Crippen LogP contribution in [0.25, 0.3) is 0 Å². The zero-order valence-electron chi connectivity index (χ0n) is 30.7. The maximum atomic E-state index is 12.9. The van der Waals surface area contributed by atoms with Crippen molar-refractivity contribution in [2.45, 2.75) is 70.9 Å². The third-order valence-electron chi connectivity index (χ3n) is 8.13. The molecule has 0 bridgehead atoms. The number of amides is 8. The van der Waals surface area contributed by atoms with Crippen LogP contribution >= 0.6 is 0 Å². The number of carbonyl (C=O) groups excluding carboxylic acids is 8. The van der Waals surface area contributed by atoms with Gasteiger partial charge >= 0.3 is 0 Å². The third-order valence-corrected chi connectivity index (χ3v) is 8.13. The fraction of sp³-hybridized carbons (Fsp3) is 0.429. The average Bonchev–Trinajstić information content (AvgIpc) is 3.17. The van der Waals surface area contributed by atoms with Crippen molar-refractivity contribution >= 4 is 47.3 Å². The van der Waals surface area contributed by atoms with E-state index in [9.17, 15) is 48.6 Å². The second kappa shape index (κ2) is 24.9. The van der Waals surface area contributed by atoms with Crippen molar-refractivity contribution in [3.05, 3.63) is 58.7 Å². The highest BCUT2D eigenvalue weighted by Crippen LogP contribution is 2.20. The number of aromatic hydroxyl groups is 2. The molecule has 0 saturated heterocycles. The number of carbonyl (C=O) groups is 8. The van der Waals surface area contributed by atoms with Crippen LogP contribution in [0, 0.1) is 0 Å². The molecule has 2 aromatic rings. The minimum Gasteiger partial charge on any atom is -0.507 e. The Morgan fingerprint density at radius 2 is 0.911 bits per heavy atom. The Labute approximate surface area is 321 Å². The largest absolute Gasteiger partial charge is 0.507 e. The molecule has 0 atom stereocenters. The lowest BCUT2D eigenvalue weighted by Crippen LogP contribution is -2.42. The van der Waals surface area contributed by atoms with Crippen LogP contribution in [0.1, 0.15) is 89.6 Å². The van der Waals surface area contributed by atoms with Gasteiger partial charge in [-0.2, -0.15) is 0 Å². The van der Waals surface area contributed by atoms with Crippen LogP contribution in [0.2, 0.25) is 0 Å². The highest BCUT2D eigenvalue weighted by Gasteiger charge is 2.16. The number of rotatable bonds is 24. The van der Waals surface area contributed by atoms with Gasteiger partial charge in [-0.3, -0.25) is 54.2 Å². The summed E-state index contributed by atoms with van der Waals surface area (Å²) in [5, 5.41) is 47.9. The van der Waals surface area contributed by atoms with Gasteiger partial charge in [0.2, 0.25) is 35.4 Å². The van der Waals surface area contributed by atoms with Gasteiger partial charge in [-0.1, -0.05) is 12.1 Å². The van der Waals surface area contributed by atoms with Gasteiger partial charge in [-0.15, -0.1) is 0 Å². The van der Waals surface area contributed by atoms with Crippen LogP contribution in [0.3, 0.4) is 0 Å². The van der Waals surface area contributed by atoms with E-state index in [-0.39, 0.29) is 149 Å². The molecule has 0 radical (unpaired) electrons. The highest BCUT2D eigenvalue weighted by molar-refractivity contribution is 5.96. The van der Waals surface area contributed by atoms with E-state index in [2.05, 4.69) is 21.3 Å². The molecule has 8 amide bonds. The molecule has 0 heterocycles. The smallest absolute Gasteiger partial charge is 0.278 e. The molecule has 0 aliphatic rings. The van der Waals surface area contributed by atoms with E-state index in [4.69, 9.17) is 16.3 Å². The second-order valence-electron chi connectivity index (χ2n) is 12.3. The number of hydrogen-bond acceptors (Lipinski definition) is 13. The second-order valence-corrected chi connectivity index (χ2v) is 12.3. The number of phenols is 2. The van der Waals surface area contributed by atoms with Crippen LogP contribution in [-0.4, -0.2) is 99.0 Å². The molecule has 0 spiro atoms. The molecule has 0 unspecified atom stereocenters. The van der Waals surface area contributed by atoms with E-state index < -0.39 is 17.7 Å². The minimum absolute atomic E-state index is 0.0169. The summed E-state index contributed by atoms with van der Waals surface area (Å²) in [5.74, 6) is 0.414. The van der Waals surface area contributed by atoms with Crippen LogP contribution in [0.5, 0.6) is 11.5 Å². The molecule has 21 nitrogen and oxygen atoms in total. The van der Waals surface area contributed by atoms with Crippen molar-refractivity contribution in [1.82, 2.24) is 42.6 Å². The Bertz CT molecular complexity index is 1600. The number of benzene rings is 2. The van der Waals surface area contributed by atoms with E-state index >= 15 is 0 Å². The summed E-state index contributed by atoms with van der Waals surface area (Å²) in [4.78, 5) is 98.0. The quantitative estimate of drug-likeness (QED) is 0.0259. The maximum absolute atomic E-state index is 12.9. The van der Waals surface area contributed by atoms with Crippen molar-refractivity contribution < 1.29 is 59.0 Å². The molecular formula is C35H49N9O12. The maximum Gasteiger partial charge on any atom is 0.278 e. The normalized spacial score (nSPS) is 10.4. The number of hydrogen-bond donors (Lipinski definition) is 12. The monoisotopic (exact) mass is 787 g/mol. The Morgan fingerprint density at radius 1 is 0.536 bits per heavy atom. The summed E-state index contributed by atoms with van der Waals surface area (Å²) in [6, 6.07) is 8.11. The zero-order chi connectivity index (χ0) is 41.5. The van der Waals surface area contributed by atoms with Gasteiger partial charge in [0.1, 0.15) is 11.5 Å². The first-order valence-electron chi connectivity index (χ1n) is 17.6. The summed E-state index contributed by atoms with van der Waals surface area (Å²) in [6.07, 6.45) is 0.837. The van der Waals surface area contributed by atoms with E-state index in [1.807, 2.05) is 5.43 Å². The van der Waals surface area contributed by atoms with Gasteiger partial charge in [0.05, 0.1) is 11.1 Å². The first-order valence-corrected chi connectivity index (χ1v) is 17.6.